The van der Waals surface area contributed by atoms with E-state index in [1.807, 2.05) is 0 Å². The number of aliphatic hydroxyl groups excluding tert-OH is 1. The normalized spacial score (nSPS) is 13.0. The van der Waals surface area contributed by atoms with Crippen LogP contribution in [0.25, 0.3) is 0 Å². The summed E-state index contributed by atoms with van der Waals surface area (Å²) >= 11 is 1.01. The quantitative estimate of drug-likeness (QED) is 0.915. The van der Waals surface area contributed by atoms with E-state index in [0.29, 0.717) is 0 Å². The molecule has 0 bridgehead atoms. The molecule has 0 spiro atoms. The lowest BCUT2D eigenvalue weighted by atomic mass is 10.1. The molecule has 0 aliphatic carbocycles. The molecular weight excluding hydrogens is 305 g/mol. The number of benzene rings is 1. The molecule has 2 rings (SSSR count). The highest BCUT2D eigenvalue weighted by Gasteiger charge is 2.31. The molecule has 112 valence electrons. The van der Waals surface area contributed by atoms with Crippen LogP contribution in [0.5, 0.6) is 0 Å². The Morgan fingerprint density at radius 1 is 1.43 bits per heavy atom. The molecule has 0 fully saturated rings. The fourth-order valence-electron chi connectivity index (χ4n) is 1.67. The fraction of sp³-hybridized carbons (Fsp3) is 0.231. The van der Waals surface area contributed by atoms with Gasteiger partial charge in [-0.2, -0.15) is 13.2 Å². The Labute approximate surface area is 122 Å². The van der Waals surface area contributed by atoms with Gasteiger partial charge in [0.15, 0.2) is 0 Å². The predicted molar refractivity (Wildman–Crippen MR) is 71.0 cm³/mol. The van der Waals surface area contributed by atoms with E-state index in [9.17, 15) is 23.1 Å². The highest BCUT2D eigenvalue weighted by molar-refractivity contribution is 7.09. The highest BCUT2D eigenvalue weighted by atomic mass is 32.1. The second kappa shape index (κ2) is 5.82. The van der Waals surface area contributed by atoms with Gasteiger partial charge in [-0.1, -0.05) is 12.1 Å². The molecule has 2 aromatic rings. The van der Waals surface area contributed by atoms with E-state index in [0.717, 1.165) is 23.5 Å². The molecule has 21 heavy (non-hydrogen) atoms. The maximum Gasteiger partial charge on any atom is 0.416 e. The number of rotatable bonds is 3. The van der Waals surface area contributed by atoms with Gasteiger partial charge in [0.2, 0.25) is 0 Å². The summed E-state index contributed by atoms with van der Waals surface area (Å²) in [5.74, 6) is -0.422. The van der Waals surface area contributed by atoms with Gasteiger partial charge in [0.05, 0.1) is 5.56 Å². The van der Waals surface area contributed by atoms with Crippen LogP contribution in [0.2, 0.25) is 0 Å². The molecule has 8 heteroatoms. The summed E-state index contributed by atoms with van der Waals surface area (Å²) in [6.45, 7) is 0. The summed E-state index contributed by atoms with van der Waals surface area (Å²) in [5.41, 5.74) is -0.659. The van der Waals surface area contributed by atoms with Gasteiger partial charge >= 0.3 is 6.18 Å². The first kappa shape index (κ1) is 15.5. The third kappa shape index (κ3) is 3.40. The molecule has 0 aliphatic heterocycles. The van der Waals surface area contributed by atoms with Crippen LogP contribution in [0.15, 0.2) is 29.6 Å². The van der Waals surface area contributed by atoms with Gasteiger partial charge in [-0.3, -0.25) is 4.79 Å². The zero-order valence-corrected chi connectivity index (χ0v) is 11.6. The van der Waals surface area contributed by atoms with Crippen LogP contribution in [-0.4, -0.2) is 23.0 Å². The Bertz CT molecular complexity index is 655. The van der Waals surface area contributed by atoms with Crippen molar-refractivity contribution >= 4 is 17.2 Å². The van der Waals surface area contributed by atoms with Crippen LogP contribution < -0.4 is 5.32 Å². The van der Waals surface area contributed by atoms with Gasteiger partial charge in [-0.15, -0.1) is 11.3 Å². The lowest BCUT2D eigenvalue weighted by Crippen LogP contribution is -2.18. The van der Waals surface area contributed by atoms with E-state index in [4.69, 9.17) is 0 Å². The number of amides is 1. The van der Waals surface area contributed by atoms with Gasteiger partial charge in [0.1, 0.15) is 16.8 Å². The monoisotopic (exact) mass is 316 g/mol. The maximum atomic E-state index is 12.6. The lowest BCUT2D eigenvalue weighted by Gasteiger charge is -2.11. The molecule has 1 heterocycles. The minimum atomic E-state index is -4.48. The van der Waals surface area contributed by atoms with Gasteiger partial charge < -0.3 is 10.4 Å². The number of aliphatic hydroxyl groups is 1. The minimum Gasteiger partial charge on any atom is -0.381 e. The van der Waals surface area contributed by atoms with Crippen molar-refractivity contribution in [3.05, 3.63) is 51.5 Å². The van der Waals surface area contributed by atoms with Crippen molar-refractivity contribution in [3.8, 4) is 0 Å². The topological polar surface area (TPSA) is 62.2 Å². The Hall–Kier alpha value is -1.93. The van der Waals surface area contributed by atoms with E-state index in [1.54, 1.807) is 0 Å². The first-order valence-corrected chi connectivity index (χ1v) is 6.73. The Morgan fingerprint density at radius 3 is 2.76 bits per heavy atom. The van der Waals surface area contributed by atoms with E-state index in [2.05, 4.69) is 10.3 Å². The average Bonchev–Trinajstić information content (AvgIpc) is 2.94. The number of thiazole rings is 1. The number of carbonyl (C=O) groups is 1. The minimum absolute atomic E-state index is 0.0719. The number of hydrogen-bond donors (Lipinski definition) is 2. The molecule has 1 unspecified atom stereocenters. The summed E-state index contributed by atoms with van der Waals surface area (Å²) in [6, 6.07) is 4.38. The number of nitrogens with zero attached hydrogens (tertiary/aromatic N) is 1. The number of aromatic nitrogens is 1. The molecule has 1 aromatic carbocycles. The van der Waals surface area contributed by atoms with Crippen LogP contribution in [0.4, 0.5) is 13.2 Å². The predicted octanol–water partition coefficient (Wildman–Crippen LogP) is 2.60. The van der Waals surface area contributed by atoms with Crippen LogP contribution in [0.1, 0.15) is 32.7 Å². The molecule has 0 aliphatic rings. The van der Waals surface area contributed by atoms with Gasteiger partial charge in [-0.05, 0) is 17.7 Å². The van der Waals surface area contributed by atoms with Crippen molar-refractivity contribution in [2.45, 2.75) is 12.3 Å². The summed E-state index contributed by atoms with van der Waals surface area (Å²) in [5, 5.41) is 14.1. The summed E-state index contributed by atoms with van der Waals surface area (Å²) < 4.78 is 37.9. The first-order valence-electron chi connectivity index (χ1n) is 5.85. The van der Waals surface area contributed by atoms with E-state index < -0.39 is 23.8 Å². The number of hydrogen-bond acceptors (Lipinski definition) is 4. The number of alkyl halides is 3. The van der Waals surface area contributed by atoms with Gasteiger partial charge in [0, 0.05) is 12.4 Å². The molecule has 2 N–H and O–H groups in total. The Balaban J connectivity index is 2.30. The molecule has 1 aromatic heterocycles. The van der Waals surface area contributed by atoms with Crippen LogP contribution >= 0.6 is 11.3 Å². The zero-order valence-electron chi connectivity index (χ0n) is 10.8. The second-order valence-corrected chi connectivity index (χ2v) is 5.07. The number of halogens is 3. The largest absolute Gasteiger partial charge is 0.416 e. The van der Waals surface area contributed by atoms with Crippen molar-refractivity contribution in [2.75, 3.05) is 7.05 Å². The van der Waals surface area contributed by atoms with Crippen molar-refractivity contribution in [2.24, 2.45) is 0 Å². The summed E-state index contributed by atoms with van der Waals surface area (Å²) in [4.78, 5) is 15.3. The van der Waals surface area contributed by atoms with E-state index in [1.165, 1.54) is 24.6 Å². The molecule has 1 amide bonds. The first-order chi connectivity index (χ1) is 9.82. The number of nitrogens with one attached hydrogen (secondary N) is 1. The molecule has 0 saturated heterocycles. The molecular formula is C13H11F3N2O2S. The lowest BCUT2D eigenvalue weighted by molar-refractivity contribution is -0.137. The van der Waals surface area contributed by atoms with E-state index >= 15 is 0 Å². The van der Waals surface area contributed by atoms with Crippen LogP contribution in [-0.2, 0) is 6.18 Å². The van der Waals surface area contributed by atoms with Gasteiger partial charge in [0.25, 0.3) is 5.91 Å². The van der Waals surface area contributed by atoms with Crippen molar-refractivity contribution < 1.29 is 23.1 Å². The van der Waals surface area contributed by atoms with Crippen LogP contribution in [0.3, 0.4) is 0 Å². The van der Waals surface area contributed by atoms with Crippen molar-refractivity contribution in [1.29, 1.82) is 0 Å². The van der Waals surface area contributed by atoms with Crippen molar-refractivity contribution in [1.82, 2.24) is 10.3 Å². The molecule has 1 atom stereocenters. The SMILES string of the molecule is CNC(=O)c1csc(C(O)c2cccc(C(F)(F)F)c2)n1. The Kier molecular flexibility index (Phi) is 4.29. The standard InChI is InChI=1S/C13H11F3N2O2S/c1-17-11(20)9-6-21-12(18-9)10(19)7-3-2-4-8(5-7)13(14,15)16/h2-6,10,19H,1H3,(H,17,20). The third-order valence-corrected chi connectivity index (χ3v) is 3.64. The molecule has 0 saturated carbocycles. The average molecular weight is 316 g/mol. The molecule has 4 nitrogen and oxygen atoms in total. The highest BCUT2D eigenvalue weighted by Crippen LogP contribution is 2.32. The second-order valence-electron chi connectivity index (χ2n) is 4.18. The maximum absolute atomic E-state index is 12.6. The van der Waals surface area contributed by atoms with Crippen molar-refractivity contribution in [3.63, 3.8) is 0 Å². The van der Waals surface area contributed by atoms with Crippen LogP contribution in [0, 0.1) is 0 Å². The number of carbonyl (C=O) groups excluding carboxylic acids is 1. The smallest absolute Gasteiger partial charge is 0.381 e. The Morgan fingerprint density at radius 2 is 2.14 bits per heavy atom. The van der Waals surface area contributed by atoms with E-state index in [-0.39, 0.29) is 16.3 Å². The fourth-order valence-corrected chi connectivity index (χ4v) is 2.48. The zero-order chi connectivity index (χ0) is 15.6. The summed E-state index contributed by atoms with van der Waals surface area (Å²) in [6.07, 6.45) is -5.79. The summed E-state index contributed by atoms with van der Waals surface area (Å²) in [7, 11) is 1.44. The third-order valence-electron chi connectivity index (χ3n) is 2.75. The van der Waals surface area contributed by atoms with Gasteiger partial charge in [-0.25, -0.2) is 4.98 Å². The molecule has 0 radical (unpaired) electrons.